The molecule has 3 N–H and O–H groups in total. The largest absolute Gasteiger partial charge is 0.368 e. The van der Waals surface area contributed by atoms with E-state index in [9.17, 15) is 14.0 Å². The van der Waals surface area contributed by atoms with Crippen molar-refractivity contribution in [1.29, 1.82) is 0 Å². The van der Waals surface area contributed by atoms with Gasteiger partial charge in [-0.05, 0) is 42.8 Å². The van der Waals surface area contributed by atoms with Crippen LogP contribution in [-0.2, 0) is 11.2 Å². The molecule has 158 valence electrons. The van der Waals surface area contributed by atoms with Crippen molar-refractivity contribution in [1.82, 2.24) is 4.57 Å². The predicted molar refractivity (Wildman–Crippen MR) is 119 cm³/mol. The van der Waals surface area contributed by atoms with Crippen LogP contribution in [0.1, 0.15) is 52.3 Å². The van der Waals surface area contributed by atoms with E-state index in [1.54, 1.807) is 12.1 Å². The molecular formula is C22H29ClFN3O2. The van der Waals surface area contributed by atoms with E-state index in [4.69, 9.17) is 17.3 Å². The van der Waals surface area contributed by atoms with Gasteiger partial charge in [0.05, 0.1) is 5.02 Å². The number of halogens is 2. The van der Waals surface area contributed by atoms with Gasteiger partial charge >= 0.3 is 0 Å². The summed E-state index contributed by atoms with van der Waals surface area (Å²) in [6.45, 7) is 11.8. The number of rotatable bonds is 4. The Labute approximate surface area is 176 Å². The van der Waals surface area contributed by atoms with Crippen LogP contribution in [0.15, 0.2) is 41.8 Å². The lowest BCUT2D eigenvalue weighted by atomic mass is 10.0. The van der Waals surface area contributed by atoms with Crippen LogP contribution < -0.4 is 16.6 Å². The normalized spacial score (nSPS) is 13.9. The average molecular weight is 422 g/mol. The Bertz CT molecular complexity index is 925. The Kier molecular flexibility index (Phi) is 9.62. The Morgan fingerprint density at radius 3 is 2.55 bits per heavy atom. The van der Waals surface area contributed by atoms with E-state index in [0.29, 0.717) is 29.8 Å². The van der Waals surface area contributed by atoms with Gasteiger partial charge in [-0.1, -0.05) is 52.3 Å². The molecule has 0 bridgehead atoms. The Hall–Kier alpha value is -2.60. The third kappa shape index (κ3) is 5.48. The number of nitrogens with two attached hydrogens (primary N) is 1. The zero-order valence-electron chi connectivity index (χ0n) is 17.4. The highest BCUT2D eigenvalue weighted by molar-refractivity contribution is 6.31. The SMILES string of the molecule is C=CNc1ccc(Cl)c(F)c1-c1cc2n(c(=O)c1)C(C(N)=O)CC2.CC.CCC. The number of hydrogen-bond donors (Lipinski definition) is 2. The van der Waals surface area contributed by atoms with E-state index >= 15 is 0 Å². The van der Waals surface area contributed by atoms with Crippen molar-refractivity contribution in [3.63, 3.8) is 0 Å². The predicted octanol–water partition coefficient (Wildman–Crippen LogP) is 5.28. The summed E-state index contributed by atoms with van der Waals surface area (Å²) in [5.74, 6) is -1.18. The molecule has 1 unspecified atom stereocenters. The molecule has 0 aliphatic carbocycles. The fourth-order valence-corrected chi connectivity index (χ4v) is 3.23. The summed E-state index contributed by atoms with van der Waals surface area (Å²) in [6.07, 6.45) is 3.64. The van der Waals surface area contributed by atoms with Gasteiger partial charge in [0.1, 0.15) is 6.04 Å². The number of primary amides is 1. The minimum Gasteiger partial charge on any atom is -0.368 e. The first-order valence-corrected chi connectivity index (χ1v) is 10.1. The second kappa shape index (κ2) is 11.4. The number of benzene rings is 1. The molecule has 1 aromatic heterocycles. The summed E-state index contributed by atoms with van der Waals surface area (Å²) in [5.41, 5.74) is 6.61. The number of aryl methyl sites for hydroxylation is 1. The van der Waals surface area contributed by atoms with E-state index < -0.39 is 23.3 Å². The summed E-state index contributed by atoms with van der Waals surface area (Å²) in [4.78, 5) is 23.9. The van der Waals surface area contributed by atoms with Gasteiger partial charge in [0.2, 0.25) is 5.91 Å². The molecule has 0 saturated carbocycles. The van der Waals surface area contributed by atoms with Crippen molar-refractivity contribution in [2.24, 2.45) is 5.73 Å². The highest BCUT2D eigenvalue weighted by Crippen LogP contribution is 2.36. The molecule has 1 aliphatic rings. The van der Waals surface area contributed by atoms with E-state index in [1.165, 1.54) is 29.3 Å². The number of aromatic nitrogens is 1. The van der Waals surface area contributed by atoms with Gasteiger partial charge in [-0.3, -0.25) is 9.59 Å². The van der Waals surface area contributed by atoms with Crippen molar-refractivity contribution in [3.05, 3.63) is 63.9 Å². The Balaban J connectivity index is 0.000000771. The van der Waals surface area contributed by atoms with E-state index in [1.807, 2.05) is 13.8 Å². The summed E-state index contributed by atoms with van der Waals surface area (Å²) in [7, 11) is 0. The second-order valence-corrected chi connectivity index (χ2v) is 6.65. The quantitative estimate of drug-likeness (QED) is 0.705. The third-order valence-electron chi connectivity index (χ3n) is 4.10. The lowest BCUT2D eigenvalue weighted by Crippen LogP contribution is -2.31. The number of anilines is 1. The number of hydrogen-bond acceptors (Lipinski definition) is 3. The second-order valence-electron chi connectivity index (χ2n) is 6.24. The van der Waals surface area contributed by atoms with Crippen molar-refractivity contribution in [2.45, 2.75) is 53.0 Å². The first-order valence-electron chi connectivity index (χ1n) is 9.76. The molecule has 3 rings (SSSR count). The van der Waals surface area contributed by atoms with Gasteiger partial charge < -0.3 is 15.6 Å². The Morgan fingerprint density at radius 2 is 2.00 bits per heavy atom. The van der Waals surface area contributed by atoms with E-state index in [-0.39, 0.29) is 10.6 Å². The van der Waals surface area contributed by atoms with Crippen molar-refractivity contribution in [3.8, 4) is 11.1 Å². The molecule has 1 aliphatic heterocycles. The molecule has 0 spiro atoms. The van der Waals surface area contributed by atoms with Crippen LogP contribution in [0.25, 0.3) is 11.1 Å². The lowest BCUT2D eigenvalue weighted by molar-refractivity contribution is -0.121. The Morgan fingerprint density at radius 1 is 1.38 bits per heavy atom. The number of amides is 1. The maximum atomic E-state index is 14.6. The van der Waals surface area contributed by atoms with Crippen molar-refractivity contribution < 1.29 is 9.18 Å². The maximum absolute atomic E-state index is 14.6. The minimum absolute atomic E-state index is 0.0461. The van der Waals surface area contributed by atoms with Crippen molar-refractivity contribution >= 4 is 23.2 Å². The highest BCUT2D eigenvalue weighted by Gasteiger charge is 2.28. The van der Waals surface area contributed by atoms with Crippen molar-refractivity contribution in [2.75, 3.05) is 5.32 Å². The first kappa shape index (κ1) is 24.4. The van der Waals surface area contributed by atoms with Crippen LogP contribution in [0.3, 0.4) is 0 Å². The maximum Gasteiger partial charge on any atom is 0.252 e. The molecule has 1 atom stereocenters. The third-order valence-corrected chi connectivity index (χ3v) is 4.39. The van der Waals surface area contributed by atoms with E-state index in [2.05, 4.69) is 25.7 Å². The fourth-order valence-electron chi connectivity index (χ4n) is 3.07. The molecule has 0 radical (unpaired) electrons. The van der Waals surface area contributed by atoms with Crippen LogP contribution in [0, 0.1) is 5.82 Å². The van der Waals surface area contributed by atoms with Crippen LogP contribution >= 0.6 is 11.6 Å². The molecule has 0 fully saturated rings. The van der Waals surface area contributed by atoms with E-state index in [0.717, 1.165) is 0 Å². The van der Waals surface area contributed by atoms with Crippen LogP contribution in [-0.4, -0.2) is 10.5 Å². The summed E-state index contributed by atoms with van der Waals surface area (Å²) in [6, 6.07) is 5.35. The topological polar surface area (TPSA) is 77.1 Å². The zero-order chi connectivity index (χ0) is 22.1. The monoisotopic (exact) mass is 421 g/mol. The lowest BCUT2D eigenvalue weighted by Gasteiger charge is -2.15. The first-order chi connectivity index (χ1) is 13.8. The molecule has 29 heavy (non-hydrogen) atoms. The number of pyridine rings is 1. The smallest absolute Gasteiger partial charge is 0.252 e. The number of nitrogens with zero attached hydrogens (tertiary/aromatic N) is 1. The molecule has 1 aromatic carbocycles. The minimum atomic E-state index is -0.656. The number of fused-ring (bicyclic) bond motifs is 1. The summed E-state index contributed by atoms with van der Waals surface area (Å²) in [5, 5.41) is 2.79. The molecule has 2 aromatic rings. The highest BCUT2D eigenvalue weighted by atomic mass is 35.5. The molecule has 7 heteroatoms. The van der Waals surface area contributed by atoms with Gasteiger partial charge in [0.15, 0.2) is 5.82 Å². The summed E-state index contributed by atoms with van der Waals surface area (Å²) >= 11 is 5.88. The van der Waals surface area contributed by atoms with Gasteiger partial charge in [-0.15, -0.1) is 0 Å². The fraction of sp³-hybridized carbons (Fsp3) is 0.364. The molecule has 5 nitrogen and oxygen atoms in total. The number of nitrogens with one attached hydrogen (secondary N) is 1. The standard InChI is InChI=1S/C17H15ClFN3O2.C3H8.C2H6/c1-2-21-12-5-4-11(18)16(19)15(12)9-7-10-3-6-13(17(20)24)22(10)14(23)8-9;1-3-2;1-2/h2,4-5,7-8,13,21H,1,3,6H2,(H2,20,24);3H2,1-2H3;1-2H3. The number of carbonyl (C=O) groups is 1. The van der Waals surface area contributed by atoms with Crippen LogP contribution in [0.4, 0.5) is 10.1 Å². The van der Waals surface area contributed by atoms with Gasteiger partial charge in [-0.2, -0.15) is 0 Å². The summed E-state index contributed by atoms with van der Waals surface area (Å²) < 4.78 is 15.9. The molecular weight excluding hydrogens is 393 g/mol. The molecule has 2 heterocycles. The number of carbonyl (C=O) groups excluding carboxylic acids is 1. The average Bonchev–Trinajstić information content (AvgIpc) is 3.12. The van der Waals surface area contributed by atoms with Crippen LogP contribution in [0.2, 0.25) is 5.02 Å². The zero-order valence-corrected chi connectivity index (χ0v) is 18.1. The van der Waals surface area contributed by atoms with Gasteiger partial charge in [0.25, 0.3) is 5.56 Å². The molecule has 1 amide bonds. The van der Waals surface area contributed by atoms with Gasteiger partial charge in [0, 0.05) is 23.0 Å². The molecule has 0 saturated heterocycles. The van der Waals surface area contributed by atoms with Crippen LogP contribution in [0.5, 0.6) is 0 Å². The van der Waals surface area contributed by atoms with Gasteiger partial charge in [-0.25, -0.2) is 4.39 Å².